The van der Waals surface area contributed by atoms with E-state index in [0.29, 0.717) is 11.3 Å². The van der Waals surface area contributed by atoms with E-state index in [1.807, 2.05) is 24.3 Å². The molecule has 4 aromatic rings. The topological polar surface area (TPSA) is 70.8 Å². The van der Waals surface area contributed by atoms with E-state index in [2.05, 4.69) is 25.9 Å². The predicted octanol–water partition coefficient (Wildman–Crippen LogP) is 4.21. The molecule has 0 amide bonds. The summed E-state index contributed by atoms with van der Waals surface area (Å²) >= 11 is 3.52. The van der Waals surface area contributed by atoms with Gasteiger partial charge in [-0.15, -0.1) is 0 Å². The molecule has 5 nitrogen and oxygen atoms in total. The second-order valence-corrected chi connectivity index (χ2v) is 7.43. The van der Waals surface area contributed by atoms with Gasteiger partial charge in [-0.25, -0.2) is 4.98 Å². The van der Waals surface area contributed by atoms with Crippen LogP contribution in [0.2, 0.25) is 0 Å². The molecule has 2 aromatic carbocycles. The van der Waals surface area contributed by atoms with E-state index in [1.165, 1.54) is 0 Å². The molecule has 25 heavy (non-hydrogen) atoms. The molecule has 2 aromatic heterocycles. The van der Waals surface area contributed by atoms with Gasteiger partial charge in [-0.1, -0.05) is 22.0 Å². The molecule has 2 N–H and O–H groups in total. The third-order valence-electron chi connectivity index (χ3n) is 5.07. The van der Waals surface area contributed by atoms with Crippen LogP contribution in [0.3, 0.4) is 0 Å². The highest BCUT2D eigenvalue weighted by atomic mass is 79.9. The van der Waals surface area contributed by atoms with Crippen LogP contribution in [-0.4, -0.2) is 28.2 Å². The fourth-order valence-corrected chi connectivity index (χ4v) is 4.19. The molecule has 1 saturated heterocycles. The second-order valence-electron chi connectivity index (χ2n) is 6.52. The van der Waals surface area contributed by atoms with Crippen molar-refractivity contribution in [3.05, 3.63) is 51.1 Å². The molecule has 0 bridgehead atoms. The zero-order valence-electron chi connectivity index (χ0n) is 13.4. The second kappa shape index (κ2) is 5.68. The highest BCUT2D eigenvalue weighted by molar-refractivity contribution is 9.10. The van der Waals surface area contributed by atoms with Crippen molar-refractivity contribution < 1.29 is 4.74 Å². The van der Waals surface area contributed by atoms with Gasteiger partial charge in [0.1, 0.15) is 5.82 Å². The summed E-state index contributed by atoms with van der Waals surface area (Å²) in [6.45, 7) is 1.55. The van der Waals surface area contributed by atoms with Crippen molar-refractivity contribution in [2.24, 2.45) is 0 Å². The van der Waals surface area contributed by atoms with Crippen LogP contribution in [0, 0.1) is 0 Å². The quantitative estimate of drug-likeness (QED) is 0.472. The third kappa shape index (κ3) is 2.32. The lowest BCUT2D eigenvalue weighted by atomic mass is 10.00. The molecule has 3 heterocycles. The van der Waals surface area contributed by atoms with Gasteiger partial charge in [-0.3, -0.25) is 4.79 Å². The SMILES string of the molecule is O=c1[nH]ccc2c3nc(C4CCOCC4)[nH]c3c3ccc(Br)cc3c12. The fourth-order valence-electron chi connectivity index (χ4n) is 3.83. The minimum absolute atomic E-state index is 0.0851. The van der Waals surface area contributed by atoms with Gasteiger partial charge in [0.2, 0.25) is 0 Å². The van der Waals surface area contributed by atoms with Crippen molar-refractivity contribution in [3.63, 3.8) is 0 Å². The first-order valence-electron chi connectivity index (χ1n) is 8.42. The lowest BCUT2D eigenvalue weighted by Gasteiger charge is -2.19. The van der Waals surface area contributed by atoms with E-state index in [4.69, 9.17) is 9.72 Å². The Labute approximate surface area is 151 Å². The van der Waals surface area contributed by atoms with Crippen molar-refractivity contribution >= 4 is 48.5 Å². The summed E-state index contributed by atoms with van der Waals surface area (Å²) in [6.07, 6.45) is 3.64. The van der Waals surface area contributed by atoms with Crippen molar-refractivity contribution in [2.45, 2.75) is 18.8 Å². The van der Waals surface area contributed by atoms with Gasteiger partial charge < -0.3 is 14.7 Å². The highest BCUT2D eigenvalue weighted by Crippen LogP contribution is 2.35. The monoisotopic (exact) mass is 397 g/mol. The lowest BCUT2D eigenvalue weighted by Crippen LogP contribution is -2.15. The van der Waals surface area contributed by atoms with E-state index in [9.17, 15) is 4.79 Å². The molecule has 0 unspecified atom stereocenters. The molecule has 0 saturated carbocycles. The Morgan fingerprint density at radius 2 is 1.96 bits per heavy atom. The molecule has 0 spiro atoms. The van der Waals surface area contributed by atoms with Gasteiger partial charge in [-0.2, -0.15) is 0 Å². The first-order valence-corrected chi connectivity index (χ1v) is 9.21. The van der Waals surface area contributed by atoms with Gasteiger partial charge in [0.25, 0.3) is 5.56 Å². The zero-order valence-corrected chi connectivity index (χ0v) is 15.0. The molecular formula is C19H16BrN3O2. The van der Waals surface area contributed by atoms with Crippen molar-refractivity contribution in [3.8, 4) is 0 Å². The van der Waals surface area contributed by atoms with Gasteiger partial charge in [0, 0.05) is 40.6 Å². The summed E-state index contributed by atoms with van der Waals surface area (Å²) in [7, 11) is 0. The molecule has 1 aliphatic rings. The molecule has 1 fully saturated rings. The van der Waals surface area contributed by atoms with Crippen LogP contribution < -0.4 is 5.56 Å². The number of aromatic nitrogens is 3. The minimum atomic E-state index is -0.0851. The van der Waals surface area contributed by atoms with Crippen LogP contribution in [0.15, 0.2) is 39.7 Å². The number of imidazole rings is 1. The largest absolute Gasteiger partial charge is 0.381 e. The maximum atomic E-state index is 12.5. The van der Waals surface area contributed by atoms with Gasteiger partial charge in [0.15, 0.2) is 0 Å². The summed E-state index contributed by atoms with van der Waals surface area (Å²) in [5.41, 5.74) is 1.79. The number of benzene rings is 2. The van der Waals surface area contributed by atoms with E-state index in [1.54, 1.807) is 6.20 Å². The maximum absolute atomic E-state index is 12.5. The van der Waals surface area contributed by atoms with Crippen molar-refractivity contribution in [1.29, 1.82) is 0 Å². The normalized spacial score (nSPS) is 16.2. The molecule has 0 atom stereocenters. The number of fused-ring (bicyclic) bond motifs is 6. The Morgan fingerprint density at radius 1 is 1.12 bits per heavy atom. The minimum Gasteiger partial charge on any atom is -0.381 e. The van der Waals surface area contributed by atoms with Crippen molar-refractivity contribution in [1.82, 2.24) is 15.0 Å². The Bertz CT molecular complexity index is 1170. The number of rotatable bonds is 1. The number of aromatic amines is 2. The van der Waals surface area contributed by atoms with E-state index in [0.717, 1.165) is 63.5 Å². The average Bonchev–Trinajstić information content (AvgIpc) is 3.08. The van der Waals surface area contributed by atoms with Gasteiger partial charge >= 0.3 is 0 Å². The first-order chi connectivity index (χ1) is 12.2. The van der Waals surface area contributed by atoms with E-state index in [-0.39, 0.29) is 5.56 Å². The molecule has 126 valence electrons. The van der Waals surface area contributed by atoms with Crippen LogP contribution in [0.4, 0.5) is 0 Å². The Balaban J connectivity index is 1.91. The average molecular weight is 398 g/mol. The number of ether oxygens (including phenoxy) is 1. The molecule has 0 aliphatic carbocycles. The Kier molecular flexibility index (Phi) is 3.43. The summed E-state index contributed by atoms with van der Waals surface area (Å²) in [5.74, 6) is 1.37. The molecular weight excluding hydrogens is 382 g/mol. The van der Waals surface area contributed by atoms with Crippen LogP contribution in [-0.2, 0) is 4.74 Å². The highest BCUT2D eigenvalue weighted by Gasteiger charge is 2.21. The van der Waals surface area contributed by atoms with E-state index >= 15 is 0 Å². The zero-order chi connectivity index (χ0) is 17.0. The number of H-pyrrole nitrogens is 2. The fraction of sp³-hybridized carbons (Fsp3) is 0.263. The Morgan fingerprint density at radius 3 is 2.80 bits per heavy atom. The van der Waals surface area contributed by atoms with Gasteiger partial charge in [0.05, 0.1) is 16.4 Å². The van der Waals surface area contributed by atoms with Gasteiger partial charge in [-0.05, 0) is 36.4 Å². The predicted molar refractivity (Wildman–Crippen MR) is 102 cm³/mol. The smallest absolute Gasteiger partial charge is 0.256 e. The van der Waals surface area contributed by atoms with Crippen LogP contribution >= 0.6 is 15.9 Å². The van der Waals surface area contributed by atoms with Crippen LogP contribution in [0.5, 0.6) is 0 Å². The molecule has 6 heteroatoms. The van der Waals surface area contributed by atoms with Crippen LogP contribution in [0.1, 0.15) is 24.6 Å². The van der Waals surface area contributed by atoms with Crippen molar-refractivity contribution in [2.75, 3.05) is 13.2 Å². The number of nitrogens with one attached hydrogen (secondary N) is 2. The lowest BCUT2D eigenvalue weighted by molar-refractivity contribution is 0.0838. The molecule has 0 radical (unpaired) electrons. The number of pyridine rings is 1. The number of hydrogen-bond acceptors (Lipinski definition) is 3. The number of nitrogens with zero attached hydrogens (tertiary/aromatic N) is 1. The first kappa shape index (κ1) is 15.1. The number of halogens is 1. The third-order valence-corrected chi connectivity index (χ3v) is 5.56. The van der Waals surface area contributed by atoms with Crippen LogP contribution in [0.25, 0.3) is 32.6 Å². The summed E-state index contributed by atoms with van der Waals surface area (Å²) in [6, 6.07) is 7.98. The summed E-state index contributed by atoms with van der Waals surface area (Å²) in [5, 5.41) is 3.53. The summed E-state index contributed by atoms with van der Waals surface area (Å²) in [4.78, 5) is 23.8. The standard InChI is InChI=1S/C19H16BrN3O2/c20-11-1-2-12-14(9-11)15-13(3-6-21-19(15)24)17-16(12)22-18(23-17)10-4-7-25-8-5-10/h1-3,6,9-10H,4-5,7-8H2,(H,21,24)(H,22,23). The molecule has 1 aliphatic heterocycles. The maximum Gasteiger partial charge on any atom is 0.256 e. The Hall–Kier alpha value is -2.18. The number of hydrogen-bond donors (Lipinski definition) is 2. The van der Waals surface area contributed by atoms with E-state index < -0.39 is 0 Å². The summed E-state index contributed by atoms with van der Waals surface area (Å²) < 4.78 is 6.42. The molecule has 5 rings (SSSR count).